The van der Waals surface area contributed by atoms with Crippen molar-refractivity contribution in [3.05, 3.63) is 17.6 Å². The van der Waals surface area contributed by atoms with Crippen LogP contribution in [0.15, 0.2) is 6.20 Å². The zero-order valence-electron chi connectivity index (χ0n) is 10.2. The summed E-state index contributed by atoms with van der Waals surface area (Å²) in [5, 5.41) is 3.33. The lowest BCUT2D eigenvalue weighted by atomic mass is 10.0. The van der Waals surface area contributed by atoms with Gasteiger partial charge >= 0.3 is 0 Å². The van der Waals surface area contributed by atoms with E-state index in [9.17, 15) is 0 Å². The van der Waals surface area contributed by atoms with Crippen molar-refractivity contribution in [2.75, 3.05) is 18.5 Å². The molecule has 2 heterocycles. The maximum atomic E-state index is 5.52. The van der Waals surface area contributed by atoms with E-state index in [1.54, 1.807) is 6.20 Å². The molecule has 0 amide bonds. The fourth-order valence-corrected chi connectivity index (χ4v) is 1.91. The van der Waals surface area contributed by atoms with E-state index in [1.807, 2.05) is 13.8 Å². The van der Waals surface area contributed by atoms with Crippen molar-refractivity contribution < 1.29 is 4.74 Å². The highest BCUT2D eigenvalue weighted by atomic mass is 16.5. The monoisotopic (exact) mass is 221 g/mol. The van der Waals surface area contributed by atoms with Crippen molar-refractivity contribution in [1.29, 1.82) is 0 Å². The van der Waals surface area contributed by atoms with E-state index in [4.69, 9.17) is 4.74 Å². The third kappa shape index (κ3) is 2.50. The van der Waals surface area contributed by atoms with Crippen molar-refractivity contribution in [2.24, 2.45) is 5.92 Å². The van der Waals surface area contributed by atoms with Crippen molar-refractivity contribution in [2.45, 2.75) is 33.3 Å². The van der Waals surface area contributed by atoms with Crippen LogP contribution in [0.2, 0.25) is 0 Å². The largest absolute Gasteiger partial charge is 0.378 e. The van der Waals surface area contributed by atoms with E-state index in [0.29, 0.717) is 12.0 Å². The summed E-state index contributed by atoms with van der Waals surface area (Å²) in [6, 6.07) is 0. The molecule has 1 N–H and O–H groups in total. The van der Waals surface area contributed by atoms with Crippen LogP contribution in [-0.4, -0.2) is 29.2 Å². The summed E-state index contributed by atoms with van der Waals surface area (Å²) in [6.07, 6.45) is 3.28. The summed E-state index contributed by atoms with van der Waals surface area (Å²) in [7, 11) is 0. The maximum Gasteiger partial charge on any atom is 0.144 e. The smallest absolute Gasteiger partial charge is 0.144 e. The lowest BCUT2D eigenvalue weighted by Gasteiger charge is -2.15. The summed E-state index contributed by atoms with van der Waals surface area (Å²) in [6.45, 7) is 7.88. The van der Waals surface area contributed by atoms with E-state index in [0.717, 1.165) is 36.8 Å². The topological polar surface area (TPSA) is 47.0 Å². The van der Waals surface area contributed by atoms with E-state index < -0.39 is 0 Å². The molecule has 0 saturated carbocycles. The summed E-state index contributed by atoms with van der Waals surface area (Å²) in [4.78, 5) is 8.73. The van der Waals surface area contributed by atoms with E-state index >= 15 is 0 Å². The first-order valence-corrected chi connectivity index (χ1v) is 5.82. The molecule has 88 valence electrons. The normalized spacial score (nSPS) is 24.7. The number of hydrogen-bond acceptors (Lipinski definition) is 4. The number of aryl methyl sites for hydroxylation is 2. The van der Waals surface area contributed by atoms with Gasteiger partial charge in [-0.1, -0.05) is 0 Å². The Kier molecular flexibility index (Phi) is 3.39. The van der Waals surface area contributed by atoms with Gasteiger partial charge < -0.3 is 10.1 Å². The lowest BCUT2D eigenvalue weighted by molar-refractivity contribution is 0.108. The van der Waals surface area contributed by atoms with Gasteiger partial charge in [0.1, 0.15) is 5.82 Å². The Morgan fingerprint density at radius 1 is 1.44 bits per heavy atom. The Balaban J connectivity index is 1.91. The van der Waals surface area contributed by atoms with E-state index in [1.165, 1.54) is 0 Å². The number of hydrogen-bond donors (Lipinski definition) is 1. The molecule has 0 aromatic carbocycles. The SMILES string of the molecule is Cc1ncc(NCC2CCOC2C)nc1C. The molecule has 4 heteroatoms. The van der Waals surface area contributed by atoms with Crippen molar-refractivity contribution in [3.8, 4) is 0 Å². The van der Waals surface area contributed by atoms with E-state index in [2.05, 4.69) is 22.2 Å². The number of ether oxygens (including phenoxy) is 1. The minimum atomic E-state index is 0.354. The van der Waals surface area contributed by atoms with Crippen LogP contribution in [0.1, 0.15) is 24.7 Å². The lowest BCUT2D eigenvalue weighted by Crippen LogP contribution is -2.21. The first-order valence-electron chi connectivity index (χ1n) is 5.82. The third-order valence-electron chi connectivity index (χ3n) is 3.27. The predicted octanol–water partition coefficient (Wildman–Crippen LogP) is 1.93. The highest BCUT2D eigenvalue weighted by Crippen LogP contribution is 2.20. The number of nitrogens with zero attached hydrogens (tertiary/aromatic N) is 2. The number of aromatic nitrogens is 2. The highest BCUT2D eigenvalue weighted by Gasteiger charge is 2.23. The summed E-state index contributed by atoms with van der Waals surface area (Å²) in [5.41, 5.74) is 1.98. The molecule has 16 heavy (non-hydrogen) atoms. The number of anilines is 1. The molecule has 2 rings (SSSR count). The van der Waals surface area contributed by atoms with Crippen molar-refractivity contribution in [1.82, 2.24) is 9.97 Å². The molecule has 2 atom stereocenters. The molecule has 4 nitrogen and oxygen atoms in total. The maximum absolute atomic E-state index is 5.52. The van der Waals surface area contributed by atoms with Gasteiger partial charge in [0.25, 0.3) is 0 Å². The van der Waals surface area contributed by atoms with Crippen molar-refractivity contribution in [3.63, 3.8) is 0 Å². The van der Waals surface area contributed by atoms with Crippen LogP contribution in [0.25, 0.3) is 0 Å². The Bertz CT molecular complexity index is 367. The van der Waals surface area contributed by atoms with Gasteiger partial charge in [-0.25, -0.2) is 4.98 Å². The zero-order chi connectivity index (χ0) is 11.5. The number of nitrogens with one attached hydrogen (secondary N) is 1. The molecule has 2 unspecified atom stereocenters. The average Bonchev–Trinajstić information content (AvgIpc) is 2.66. The van der Waals surface area contributed by atoms with Crippen LogP contribution in [0, 0.1) is 19.8 Å². The minimum absolute atomic E-state index is 0.354. The van der Waals surface area contributed by atoms with Crippen LogP contribution >= 0.6 is 0 Å². The highest BCUT2D eigenvalue weighted by molar-refractivity contribution is 5.33. The molecule has 1 aromatic heterocycles. The molecule has 0 bridgehead atoms. The zero-order valence-corrected chi connectivity index (χ0v) is 10.2. The Morgan fingerprint density at radius 2 is 2.25 bits per heavy atom. The molecule has 1 aliphatic rings. The minimum Gasteiger partial charge on any atom is -0.378 e. The predicted molar refractivity (Wildman–Crippen MR) is 63.5 cm³/mol. The fourth-order valence-electron chi connectivity index (χ4n) is 1.91. The van der Waals surface area contributed by atoms with E-state index in [-0.39, 0.29) is 0 Å². The van der Waals surface area contributed by atoms with Crippen LogP contribution in [0.5, 0.6) is 0 Å². The molecular weight excluding hydrogens is 202 g/mol. The Morgan fingerprint density at radius 3 is 2.88 bits per heavy atom. The quantitative estimate of drug-likeness (QED) is 0.847. The summed E-state index contributed by atoms with van der Waals surface area (Å²) < 4.78 is 5.52. The van der Waals surface area contributed by atoms with Crippen molar-refractivity contribution >= 4 is 5.82 Å². The third-order valence-corrected chi connectivity index (χ3v) is 3.27. The average molecular weight is 221 g/mol. The molecule has 1 aromatic rings. The van der Waals surface area contributed by atoms with Gasteiger partial charge in [-0.15, -0.1) is 0 Å². The molecule has 1 aliphatic heterocycles. The van der Waals surface area contributed by atoms with Crippen LogP contribution in [-0.2, 0) is 4.74 Å². The van der Waals surface area contributed by atoms with Crippen LogP contribution in [0.3, 0.4) is 0 Å². The molecule has 0 aliphatic carbocycles. The van der Waals surface area contributed by atoms with Gasteiger partial charge in [-0.2, -0.15) is 0 Å². The molecule has 1 saturated heterocycles. The molecule has 0 spiro atoms. The Labute approximate surface area is 96.4 Å². The van der Waals surface area contributed by atoms with Gasteiger partial charge in [-0.3, -0.25) is 4.98 Å². The molecule has 1 fully saturated rings. The van der Waals surface area contributed by atoms with Crippen LogP contribution in [0.4, 0.5) is 5.82 Å². The first kappa shape index (κ1) is 11.3. The standard InChI is InChI=1S/C12H19N3O/c1-8-9(2)15-12(7-13-8)14-6-11-4-5-16-10(11)3/h7,10-11H,4-6H2,1-3H3,(H,14,15). The first-order chi connectivity index (χ1) is 7.66. The van der Waals surface area contributed by atoms with Crippen LogP contribution < -0.4 is 5.32 Å². The Hall–Kier alpha value is -1.16. The van der Waals surface area contributed by atoms with Gasteiger partial charge in [0, 0.05) is 19.1 Å². The van der Waals surface area contributed by atoms with Gasteiger partial charge in [0.05, 0.1) is 23.7 Å². The second-order valence-corrected chi connectivity index (χ2v) is 4.43. The summed E-state index contributed by atoms with van der Waals surface area (Å²) >= 11 is 0. The van der Waals surface area contributed by atoms with Gasteiger partial charge in [0.15, 0.2) is 0 Å². The fraction of sp³-hybridized carbons (Fsp3) is 0.667. The second-order valence-electron chi connectivity index (χ2n) is 4.43. The van der Waals surface area contributed by atoms with Gasteiger partial charge in [-0.05, 0) is 27.2 Å². The number of rotatable bonds is 3. The van der Waals surface area contributed by atoms with Gasteiger partial charge in [0.2, 0.25) is 0 Å². The summed E-state index contributed by atoms with van der Waals surface area (Å²) in [5.74, 6) is 1.45. The molecule has 0 radical (unpaired) electrons. The molecular formula is C12H19N3O. The second kappa shape index (κ2) is 4.78.